The molecule has 0 spiro atoms. The molecule has 0 aliphatic heterocycles. The van der Waals surface area contributed by atoms with Crippen molar-refractivity contribution in [2.45, 2.75) is 65.1 Å². The van der Waals surface area contributed by atoms with Crippen molar-refractivity contribution in [1.82, 2.24) is 20.4 Å². The first-order valence-electron chi connectivity index (χ1n) is 12.5. The van der Waals surface area contributed by atoms with E-state index in [2.05, 4.69) is 10.5 Å². The fourth-order valence-corrected chi connectivity index (χ4v) is 4.84. The smallest absolute Gasteiger partial charge is 0.160 e. The number of nitrogens with zero attached hydrogens (tertiary/aromatic N) is 3. The van der Waals surface area contributed by atoms with E-state index >= 15 is 0 Å². The lowest BCUT2D eigenvalue weighted by atomic mass is 9.85. The fourth-order valence-electron chi connectivity index (χ4n) is 4.84. The van der Waals surface area contributed by atoms with Crippen LogP contribution in [0.2, 0.25) is 0 Å². The Morgan fingerprint density at radius 1 is 1.14 bits per heavy atom. The van der Waals surface area contributed by atoms with Crippen LogP contribution >= 0.6 is 0 Å². The van der Waals surface area contributed by atoms with Gasteiger partial charge in [-0.1, -0.05) is 49.4 Å². The van der Waals surface area contributed by atoms with Gasteiger partial charge in [-0.15, -0.1) is 0 Å². The molecule has 0 saturated heterocycles. The number of rotatable bonds is 10. The summed E-state index contributed by atoms with van der Waals surface area (Å²) in [6.45, 7) is 4.32. The zero-order valence-corrected chi connectivity index (χ0v) is 20.9. The third-order valence-electron chi connectivity index (χ3n) is 6.75. The van der Waals surface area contributed by atoms with Gasteiger partial charge in [-0.05, 0) is 50.9 Å². The largest absolute Gasteiger partial charge is 0.491 e. The number of likely N-dealkylation sites (N-methyl/N-ethyl adjacent to an activating group) is 1. The molecule has 3 aromatic rings. The van der Waals surface area contributed by atoms with Crippen LogP contribution in [-0.2, 0) is 13.0 Å². The van der Waals surface area contributed by atoms with Crippen molar-refractivity contribution in [2.24, 2.45) is 5.92 Å². The van der Waals surface area contributed by atoms with Crippen molar-refractivity contribution in [3.8, 4) is 28.4 Å². The topological polar surface area (TPSA) is 114 Å². The molecular formula is C27H36N4O4. The van der Waals surface area contributed by atoms with E-state index in [4.69, 9.17) is 19.2 Å². The summed E-state index contributed by atoms with van der Waals surface area (Å²) in [4.78, 5) is 9.96. The molecule has 0 amide bonds. The molecule has 188 valence electrons. The number of hydrogen-bond acceptors (Lipinski definition) is 8. The molecule has 1 unspecified atom stereocenters. The van der Waals surface area contributed by atoms with E-state index in [-0.39, 0.29) is 13.2 Å². The number of aromatic nitrogens is 3. The van der Waals surface area contributed by atoms with Gasteiger partial charge in [-0.2, -0.15) is 0 Å². The van der Waals surface area contributed by atoms with Crippen LogP contribution in [0.4, 0.5) is 0 Å². The van der Waals surface area contributed by atoms with Crippen molar-refractivity contribution in [3.63, 3.8) is 0 Å². The predicted molar refractivity (Wildman–Crippen MR) is 134 cm³/mol. The lowest BCUT2D eigenvalue weighted by molar-refractivity contribution is 0.108. The molecule has 0 radical (unpaired) electrons. The first-order chi connectivity index (χ1) is 17.0. The molecule has 3 N–H and O–H groups in total. The van der Waals surface area contributed by atoms with Gasteiger partial charge in [0.1, 0.15) is 29.9 Å². The Balaban J connectivity index is 1.73. The quantitative estimate of drug-likeness (QED) is 0.399. The van der Waals surface area contributed by atoms with Crippen LogP contribution in [0, 0.1) is 19.8 Å². The molecule has 35 heavy (non-hydrogen) atoms. The Kier molecular flexibility index (Phi) is 8.49. The van der Waals surface area contributed by atoms with Crippen LogP contribution < -0.4 is 10.1 Å². The molecule has 1 aromatic carbocycles. The van der Waals surface area contributed by atoms with E-state index in [1.54, 1.807) is 7.05 Å². The molecule has 8 nitrogen and oxygen atoms in total. The van der Waals surface area contributed by atoms with Gasteiger partial charge >= 0.3 is 0 Å². The monoisotopic (exact) mass is 480 g/mol. The number of hydrogen-bond donors (Lipinski definition) is 3. The molecular weight excluding hydrogens is 444 g/mol. The van der Waals surface area contributed by atoms with Gasteiger partial charge in [-0.3, -0.25) is 0 Å². The van der Waals surface area contributed by atoms with E-state index in [0.717, 1.165) is 34.5 Å². The van der Waals surface area contributed by atoms with Crippen molar-refractivity contribution in [2.75, 3.05) is 20.2 Å². The summed E-state index contributed by atoms with van der Waals surface area (Å²) in [6.07, 6.45) is 6.60. The molecule has 1 fully saturated rings. The Bertz CT molecular complexity index is 1120. The van der Waals surface area contributed by atoms with Crippen molar-refractivity contribution < 1.29 is 19.5 Å². The minimum atomic E-state index is -0.596. The van der Waals surface area contributed by atoms with Crippen LogP contribution in [-0.4, -0.2) is 51.6 Å². The normalized spacial score (nSPS) is 15.3. The van der Waals surface area contributed by atoms with E-state index in [9.17, 15) is 10.2 Å². The highest BCUT2D eigenvalue weighted by Crippen LogP contribution is 2.34. The van der Waals surface area contributed by atoms with E-state index < -0.39 is 6.10 Å². The number of aliphatic hydroxyl groups excluding tert-OH is 2. The highest BCUT2D eigenvalue weighted by atomic mass is 16.5. The van der Waals surface area contributed by atoms with Crippen LogP contribution in [0.5, 0.6) is 5.75 Å². The number of ether oxygens (including phenoxy) is 1. The lowest BCUT2D eigenvalue weighted by Crippen LogP contribution is -2.29. The Morgan fingerprint density at radius 2 is 1.94 bits per heavy atom. The first-order valence-corrected chi connectivity index (χ1v) is 12.5. The Labute approximate surface area is 206 Å². The van der Waals surface area contributed by atoms with E-state index in [0.29, 0.717) is 35.5 Å². The van der Waals surface area contributed by atoms with Crippen LogP contribution in [0.15, 0.2) is 28.8 Å². The maximum atomic E-state index is 9.99. The standard InChI is InChI=1S/C27H36N4O4/c1-17-23(12-19-8-5-4-6-9-19)29-27(30-26(17)25-18(2)35-31-24(25)15-32)20-10-7-11-22(13-20)34-16-21(33)14-28-3/h7,10-11,13,19,21,28,32-33H,4-6,8-9,12,14-16H2,1-3H3. The van der Waals surface area contributed by atoms with Crippen molar-refractivity contribution >= 4 is 0 Å². The van der Waals surface area contributed by atoms with Gasteiger partial charge in [0.15, 0.2) is 5.82 Å². The molecule has 1 aliphatic carbocycles. The number of aliphatic hydroxyl groups is 2. The second kappa shape index (κ2) is 11.7. The summed E-state index contributed by atoms with van der Waals surface area (Å²) in [5, 5.41) is 26.8. The molecule has 2 aromatic heterocycles. The Hall–Kier alpha value is -2.81. The molecule has 1 saturated carbocycles. The maximum absolute atomic E-state index is 9.99. The summed E-state index contributed by atoms with van der Waals surface area (Å²) in [6, 6.07) is 7.63. The summed E-state index contributed by atoms with van der Waals surface area (Å²) in [5.74, 6) is 2.49. The predicted octanol–water partition coefficient (Wildman–Crippen LogP) is 3.99. The second-order valence-corrected chi connectivity index (χ2v) is 9.44. The SMILES string of the molecule is CNCC(O)COc1cccc(-c2nc(CC3CCCCC3)c(C)c(-c3c(CO)noc3C)n2)c1. The highest BCUT2D eigenvalue weighted by molar-refractivity contribution is 5.71. The summed E-state index contributed by atoms with van der Waals surface area (Å²) >= 11 is 0. The van der Waals surface area contributed by atoms with Gasteiger partial charge < -0.3 is 24.8 Å². The summed E-state index contributed by atoms with van der Waals surface area (Å²) in [7, 11) is 1.79. The second-order valence-electron chi connectivity index (χ2n) is 9.44. The van der Waals surface area contributed by atoms with Crippen LogP contribution in [0.3, 0.4) is 0 Å². The minimum Gasteiger partial charge on any atom is -0.491 e. The zero-order chi connectivity index (χ0) is 24.8. The first kappa shape index (κ1) is 25.3. The lowest BCUT2D eigenvalue weighted by Gasteiger charge is -2.22. The van der Waals surface area contributed by atoms with Gasteiger partial charge in [0.05, 0.1) is 17.9 Å². The summed E-state index contributed by atoms with van der Waals surface area (Å²) in [5.41, 5.74) is 4.83. The molecule has 1 aliphatic rings. The molecule has 1 atom stereocenters. The third kappa shape index (κ3) is 6.07. The molecule has 8 heteroatoms. The van der Waals surface area contributed by atoms with Crippen LogP contribution in [0.25, 0.3) is 22.6 Å². The molecule has 0 bridgehead atoms. The minimum absolute atomic E-state index is 0.191. The number of benzene rings is 1. The molecule has 2 heterocycles. The van der Waals surface area contributed by atoms with E-state index in [1.807, 2.05) is 38.1 Å². The van der Waals surface area contributed by atoms with Crippen LogP contribution in [0.1, 0.15) is 54.8 Å². The van der Waals surface area contributed by atoms with Gasteiger partial charge in [0.2, 0.25) is 0 Å². The number of aryl methyl sites for hydroxylation is 1. The van der Waals surface area contributed by atoms with Crippen molar-refractivity contribution in [3.05, 3.63) is 47.0 Å². The highest BCUT2D eigenvalue weighted by Gasteiger charge is 2.24. The average Bonchev–Trinajstić information content (AvgIpc) is 3.25. The third-order valence-corrected chi connectivity index (χ3v) is 6.75. The van der Waals surface area contributed by atoms with Gasteiger partial charge in [0.25, 0.3) is 0 Å². The van der Waals surface area contributed by atoms with Crippen molar-refractivity contribution in [1.29, 1.82) is 0 Å². The Morgan fingerprint density at radius 3 is 2.69 bits per heavy atom. The summed E-state index contributed by atoms with van der Waals surface area (Å²) < 4.78 is 11.2. The average molecular weight is 481 g/mol. The molecule has 4 rings (SSSR count). The van der Waals surface area contributed by atoms with Gasteiger partial charge in [-0.25, -0.2) is 9.97 Å². The maximum Gasteiger partial charge on any atom is 0.160 e. The fraction of sp³-hybridized carbons (Fsp3) is 0.519. The zero-order valence-electron chi connectivity index (χ0n) is 20.9. The number of nitrogens with one attached hydrogen (secondary N) is 1. The van der Waals surface area contributed by atoms with Gasteiger partial charge in [0, 0.05) is 17.8 Å². The van der Waals surface area contributed by atoms with E-state index in [1.165, 1.54) is 32.1 Å².